The largest absolute Gasteiger partial charge is 0.493 e. The van der Waals surface area contributed by atoms with E-state index >= 15 is 0 Å². The summed E-state index contributed by atoms with van der Waals surface area (Å²) in [7, 11) is 1.65. The lowest BCUT2D eigenvalue weighted by Crippen LogP contribution is -2.41. The van der Waals surface area contributed by atoms with E-state index in [0.717, 1.165) is 31.0 Å². The van der Waals surface area contributed by atoms with Gasteiger partial charge in [-0.15, -0.1) is 0 Å². The molecule has 1 aromatic rings. The summed E-state index contributed by atoms with van der Waals surface area (Å²) in [5, 5.41) is 12.2. The normalized spacial score (nSPS) is 16.2. The molecule has 0 radical (unpaired) electrons. The van der Waals surface area contributed by atoms with Gasteiger partial charge in [-0.2, -0.15) is 5.26 Å². The van der Waals surface area contributed by atoms with Crippen LogP contribution in [0.2, 0.25) is 0 Å². The van der Waals surface area contributed by atoms with Crippen molar-refractivity contribution in [3.63, 3.8) is 0 Å². The Morgan fingerprint density at radius 2 is 2.04 bits per heavy atom. The molecule has 0 bridgehead atoms. The van der Waals surface area contributed by atoms with E-state index in [1.165, 1.54) is 37.9 Å². The van der Waals surface area contributed by atoms with E-state index < -0.39 is 0 Å². The van der Waals surface area contributed by atoms with E-state index in [-0.39, 0.29) is 0 Å². The number of benzene rings is 1. The van der Waals surface area contributed by atoms with Crippen LogP contribution in [0, 0.1) is 11.3 Å². The standard InChI is InChI=1S/C20H31N3O2/c1-17(16-23-11-5-3-6-12-23)22-15-18-8-9-19(24-2)20(14-18)25-13-7-4-10-21/h8-9,14,17,22H,3-7,11-13,15-16H2,1-2H3. The Bertz CT molecular complexity index is 550. The number of nitrogens with one attached hydrogen (secondary N) is 1. The van der Waals surface area contributed by atoms with Gasteiger partial charge in [0.2, 0.25) is 0 Å². The van der Waals surface area contributed by atoms with Crippen LogP contribution in [-0.2, 0) is 6.54 Å². The summed E-state index contributed by atoms with van der Waals surface area (Å²) in [6, 6.07) is 8.65. The minimum absolute atomic E-state index is 0.459. The maximum atomic E-state index is 8.61. The van der Waals surface area contributed by atoms with Gasteiger partial charge < -0.3 is 19.7 Å². The van der Waals surface area contributed by atoms with Crippen LogP contribution >= 0.6 is 0 Å². The first-order valence-electron chi connectivity index (χ1n) is 9.35. The fourth-order valence-electron chi connectivity index (χ4n) is 3.16. The summed E-state index contributed by atoms with van der Waals surface area (Å²) in [4.78, 5) is 2.55. The van der Waals surface area contributed by atoms with Crippen LogP contribution < -0.4 is 14.8 Å². The van der Waals surface area contributed by atoms with E-state index in [1.807, 2.05) is 12.1 Å². The number of likely N-dealkylation sites (tertiary alicyclic amines) is 1. The van der Waals surface area contributed by atoms with Gasteiger partial charge in [0.05, 0.1) is 19.8 Å². The number of ether oxygens (including phenoxy) is 2. The maximum Gasteiger partial charge on any atom is 0.161 e. The van der Waals surface area contributed by atoms with Crippen molar-refractivity contribution in [1.29, 1.82) is 5.26 Å². The molecular formula is C20H31N3O2. The van der Waals surface area contributed by atoms with Crippen molar-refractivity contribution < 1.29 is 9.47 Å². The Morgan fingerprint density at radius 3 is 2.76 bits per heavy atom. The smallest absolute Gasteiger partial charge is 0.161 e. The first-order chi connectivity index (χ1) is 12.2. The van der Waals surface area contributed by atoms with Gasteiger partial charge in [0, 0.05) is 25.6 Å². The summed E-state index contributed by atoms with van der Waals surface area (Å²) >= 11 is 0. The van der Waals surface area contributed by atoms with Crippen molar-refractivity contribution in [3.8, 4) is 17.6 Å². The lowest BCUT2D eigenvalue weighted by atomic mass is 10.1. The van der Waals surface area contributed by atoms with Gasteiger partial charge in [-0.1, -0.05) is 12.5 Å². The third-order valence-corrected chi connectivity index (χ3v) is 4.55. The number of hydrogen-bond donors (Lipinski definition) is 1. The maximum absolute atomic E-state index is 8.61. The first-order valence-corrected chi connectivity index (χ1v) is 9.35. The molecule has 25 heavy (non-hydrogen) atoms. The molecule has 1 aliphatic rings. The number of nitrogens with zero attached hydrogens (tertiary/aromatic N) is 2. The SMILES string of the molecule is COc1ccc(CNC(C)CN2CCCCC2)cc1OCCCC#N. The quantitative estimate of drug-likeness (QED) is 0.659. The van der Waals surface area contributed by atoms with Crippen molar-refractivity contribution >= 4 is 0 Å². The van der Waals surface area contributed by atoms with E-state index in [0.29, 0.717) is 19.1 Å². The van der Waals surface area contributed by atoms with Crippen molar-refractivity contribution in [2.24, 2.45) is 0 Å². The molecule has 1 fully saturated rings. The van der Waals surface area contributed by atoms with Crippen LogP contribution in [0.5, 0.6) is 11.5 Å². The summed E-state index contributed by atoms with van der Waals surface area (Å²) < 4.78 is 11.2. The van der Waals surface area contributed by atoms with E-state index in [4.69, 9.17) is 14.7 Å². The van der Waals surface area contributed by atoms with Gasteiger partial charge in [0.25, 0.3) is 0 Å². The minimum Gasteiger partial charge on any atom is -0.493 e. The zero-order valence-electron chi connectivity index (χ0n) is 15.6. The predicted molar refractivity (Wildman–Crippen MR) is 99.9 cm³/mol. The van der Waals surface area contributed by atoms with E-state index in [9.17, 15) is 0 Å². The van der Waals surface area contributed by atoms with E-state index in [2.05, 4.69) is 29.3 Å². The molecule has 1 N–H and O–H groups in total. The highest BCUT2D eigenvalue weighted by Gasteiger charge is 2.13. The summed E-state index contributed by atoms with van der Waals surface area (Å²) in [6.45, 7) is 7.16. The predicted octanol–water partition coefficient (Wildman–Crippen LogP) is 3.34. The first kappa shape index (κ1) is 19.6. The number of unbranched alkanes of at least 4 members (excludes halogenated alkanes) is 1. The minimum atomic E-state index is 0.459. The van der Waals surface area contributed by atoms with Crippen LogP contribution in [0.4, 0.5) is 0 Å². The van der Waals surface area contributed by atoms with Gasteiger partial charge in [-0.3, -0.25) is 0 Å². The van der Waals surface area contributed by atoms with Gasteiger partial charge in [-0.05, 0) is 57.0 Å². The summed E-state index contributed by atoms with van der Waals surface area (Å²) in [5.74, 6) is 1.49. The second kappa shape index (κ2) is 11.0. The highest BCUT2D eigenvalue weighted by molar-refractivity contribution is 5.43. The highest BCUT2D eigenvalue weighted by atomic mass is 16.5. The van der Waals surface area contributed by atoms with Gasteiger partial charge in [0.15, 0.2) is 11.5 Å². The number of hydrogen-bond acceptors (Lipinski definition) is 5. The van der Waals surface area contributed by atoms with Crippen molar-refractivity contribution in [2.45, 2.75) is 51.6 Å². The zero-order valence-corrected chi connectivity index (χ0v) is 15.6. The number of methoxy groups -OCH3 is 1. The average Bonchev–Trinajstić information content (AvgIpc) is 2.64. The molecule has 1 aliphatic heterocycles. The lowest BCUT2D eigenvalue weighted by molar-refractivity contribution is 0.209. The number of nitriles is 1. The van der Waals surface area contributed by atoms with Crippen molar-refractivity contribution in [3.05, 3.63) is 23.8 Å². The molecule has 138 valence electrons. The molecule has 2 rings (SSSR count). The zero-order chi connectivity index (χ0) is 17.9. The van der Waals surface area contributed by atoms with Gasteiger partial charge in [0.1, 0.15) is 0 Å². The monoisotopic (exact) mass is 345 g/mol. The Kier molecular flexibility index (Phi) is 8.58. The lowest BCUT2D eigenvalue weighted by Gasteiger charge is -2.29. The van der Waals surface area contributed by atoms with Crippen LogP contribution in [0.25, 0.3) is 0 Å². The molecule has 1 heterocycles. The fourth-order valence-corrected chi connectivity index (χ4v) is 3.16. The average molecular weight is 345 g/mol. The molecule has 0 saturated carbocycles. The Balaban J connectivity index is 1.82. The number of rotatable bonds is 10. The van der Waals surface area contributed by atoms with Crippen LogP contribution in [0.3, 0.4) is 0 Å². The third kappa shape index (κ3) is 6.93. The molecule has 5 heteroatoms. The fraction of sp³-hybridized carbons (Fsp3) is 0.650. The number of piperidine rings is 1. The van der Waals surface area contributed by atoms with Crippen LogP contribution in [0.1, 0.15) is 44.6 Å². The molecule has 0 aromatic heterocycles. The molecule has 1 aromatic carbocycles. The third-order valence-electron chi connectivity index (χ3n) is 4.55. The van der Waals surface area contributed by atoms with Crippen molar-refractivity contribution in [2.75, 3.05) is 33.4 Å². The molecular weight excluding hydrogens is 314 g/mol. The molecule has 0 spiro atoms. The van der Waals surface area contributed by atoms with Gasteiger partial charge >= 0.3 is 0 Å². The Morgan fingerprint density at radius 1 is 1.24 bits per heavy atom. The van der Waals surface area contributed by atoms with Crippen LogP contribution in [-0.4, -0.2) is 44.3 Å². The molecule has 1 unspecified atom stereocenters. The molecule has 1 atom stereocenters. The van der Waals surface area contributed by atoms with Crippen LogP contribution in [0.15, 0.2) is 18.2 Å². The molecule has 0 amide bonds. The summed E-state index contributed by atoms with van der Waals surface area (Å²) in [6.07, 6.45) is 5.28. The topological polar surface area (TPSA) is 57.5 Å². The molecule has 0 aliphatic carbocycles. The van der Waals surface area contributed by atoms with Crippen molar-refractivity contribution in [1.82, 2.24) is 10.2 Å². The second-order valence-corrected chi connectivity index (χ2v) is 6.74. The Labute approximate surface area is 151 Å². The van der Waals surface area contributed by atoms with E-state index in [1.54, 1.807) is 7.11 Å². The van der Waals surface area contributed by atoms with Gasteiger partial charge in [-0.25, -0.2) is 0 Å². The summed E-state index contributed by atoms with van der Waals surface area (Å²) in [5.41, 5.74) is 1.18. The Hall–Kier alpha value is -1.77. The highest BCUT2D eigenvalue weighted by Crippen LogP contribution is 2.28. The second-order valence-electron chi connectivity index (χ2n) is 6.74. The molecule has 1 saturated heterocycles. The molecule has 5 nitrogen and oxygen atoms in total.